The number of carbonyl (C=O) groups is 1. The van der Waals surface area contributed by atoms with Crippen molar-refractivity contribution in [3.63, 3.8) is 0 Å². The average Bonchev–Trinajstić information content (AvgIpc) is 2.66. The zero-order valence-corrected chi connectivity index (χ0v) is 10.5. The van der Waals surface area contributed by atoms with E-state index in [1.54, 1.807) is 12.1 Å². The van der Waals surface area contributed by atoms with Gasteiger partial charge in [0.25, 0.3) is 0 Å². The van der Waals surface area contributed by atoms with Crippen molar-refractivity contribution in [2.24, 2.45) is 0 Å². The summed E-state index contributed by atoms with van der Waals surface area (Å²) in [6, 6.07) is 6.84. The van der Waals surface area contributed by atoms with Gasteiger partial charge >= 0.3 is 0 Å². The topological polar surface area (TPSA) is 61.4 Å². The van der Waals surface area contributed by atoms with E-state index in [2.05, 4.69) is 10.6 Å². The Morgan fingerprint density at radius 1 is 1.28 bits per heavy atom. The first-order valence-corrected chi connectivity index (χ1v) is 6.55. The van der Waals surface area contributed by atoms with Crippen molar-refractivity contribution in [3.8, 4) is 5.75 Å². The number of hydrogen-bond donors (Lipinski definition) is 3. The molecule has 0 saturated carbocycles. The first kappa shape index (κ1) is 12.9. The molecule has 1 unspecified atom stereocenters. The number of amides is 1. The van der Waals surface area contributed by atoms with E-state index in [0.717, 1.165) is 31.4 Å². The number of phenols is 1. The molecule has 0 radical (unpaired) electrons. The lowest BCUT2D eigenvalue weighted by Gasteiger charge is -2.15. The van der Waals surface area contributed by atoms with Crippen molar-refractivity contribution in [1.82, 2.24) is 10.6 Å². The lowest BCUT2D eigenvalue weighted by atomic mass is 10.1. The minimum absolute atomic E-state index is 0.0513. The fraction of sp³-hybridized carbons (Fsp3) is 0.500. The Kier molecular flexibility index (Phi) is 4.59. The zero-order valence-electron chi connectivity index (χ0n) is 10.5. The molecule has 4 heteroatoms. The van der Waals surface area contributed by atoms with Crippen molar-refractivity contribution in [2.45, 2.75) is 38.3 Å². The quantitative estimate of drug-likeness (QED) is 0.760. The SMILES string of the molecule is O=C(NCc1ccc(O)cc1)C1CCCCCN1. The van der Waals surface area contributed by atoms with Gasteiger partial charge in [0.1, 0.15) is 5.75 Å². The summed E-state index contributed by atoms with van der Waals surface area (Å²) in [7, 11) is 0. The Morgan fingerprint density at radius 3 is 2.83 bits per heavy atom. The van der Waals surface area contributed by atoms with Gasteiger partial charge in [-0.3, -0.25) is 4.79 Å². The Hall–Kier alpha value is -1.55. The molecule has 1 aromatic carbocycles. The Balaban J connectivity index is 1.81. The second kappa shape index (κ2) is 6.40. The first-order valence-electron chi connectivity index (χ1n) is 6.55. The predicted molar refractivity (Wildman–Crippen MR) is 70.2 cm³/mol. The van der Waals surface area contributed by atoms with E-state index in [9.17, 15) is 9.90 Å². The van der Waals surface area contributed by atoms with E-state index >= 15 is 0 Å². The van der Waals surface area contributed by atoms with Gasteiger partial charge in [-0.1, -0.05) is 25.0 Å². The Bertz CT molecular complexity index is 381. The molecular formula is C14H20N2O2. The average molecular weight is 248 g/mol. The number of nitrogens with one attached hydrogen (secondary N) is 2. The van der Waals surface area contributed by atoms with Crippen molar-refractivity contribution in [3.05, 3.63) is 29.8 Å². The van der Waals surface area contributed by atoms with E-state index in [1.807, 2.05) is 12.1 Å². The molecule has 1 aliphatic heterocycles. The van der Waals surface area contributed by atoms with E-state index in [1.165, 1.54) is 6.42 Å². The summed E-state index contributed by atoms with van der Waals surface area (Å²) in [5, 5.41) is 15.4. The molecular weight excluding hydrogens is 228 g/mol. The highest BCUT2D eigenvalue weighted by Crippen LogP contribution is 2.10. The molecule has 2 rings (SSSR count). The number of phenolic OH excluding ortho intramolecular Hbond substituents is 1. The highest BCUT2D eigenvalue weighted by molar-refractivity contribution is 5.81. The molecule has 0 aliphatic carbocycles. The molecule has 1 saturated heterocycles. The molecule has 0 aromatic heterocycles. The zero-order chi connectivity index (χ0) is 12.8. The fourth-order valence-corrected chi connectivity index (χ4v) is 2.18. The van der Waals surface area contributed by atoms with Crippen molar-refractivity contribution in [1.29, 1.82) is 0 Å². The number of carbonyl (C=O) groups excluding carboxylic acids is 1. The summed E-state index contributed by atoms with van der Waals surface area (Å²) in [4.78, 5) is 12.0. The Morgan fingerprint density at radius 2 is 2.06 bits per heavy atom. The van der Waals surface area contributed by atoms with Crippen LogP contribution >= 0.6 is 0 Å². The molecule has 98 valence electrons. The molecule has 1 amide bonds. The third-order valence-corrected chi connectivity index (χ3v) is 3.28. The molecule has 1 atom stereocenters. The van der Waals surface area contributed by atoms with Crippen molar-refractivity contribution in [2.75, 3.05) is 6.54 Å². The van der Waals surface area contributed by atoms with Gasteiger partial charge in [-0.15, -0.1) is 0 Å². The van der Waals surface area contributed by atoms with E-state index in [-0.39, 0.29) is 17.7 Å². The second-order valence-corrected chi connectivity index (χ2v) is 4.74. The van der Waals surface area contributed by atoms with Gasteiger partial charge in [-0.05, 0) is 37.1 Å². The van der Waals surface area contributed by atoms with Crippen LogP contribution in [0.4, 0.5) is 0 Å². The lowest BCUT2D eigenvalue weighted by molar-refractivity contribution is -0.123. The van der Waals surface area contributed by atoms with Crippen LogP contribution in [0.15, 0.2) is 24.3 Å². The van der Waals surface area contributed by atoms with E-state index in [0.29, 0.717) is 6.54 Å². The Labute approximate surface area is 107 Å². The minimum Gasteiger partial charge on any atom is -0.508 e. The maximum atomic E-state index is 12.0. The van der Waals surface area contributed by atoms with Crippen LogP contribution in [-0.2, 0) is 11.3 Å². The normalized spacial score (nSPS) is 20.1. The van der Waals surface area contributed by atoms with E-state index < -0.39 is 0 Å². The monoisotopic (exact) mass is 248 g/mol. The number of hydrogen-bond acceptors (Lipinski definition) is 3. The van der Waals surface area contributed by atoms with Crippen LogP contribution in [-0.4, -0.2) is 23.6 Å². The van der Waals surface area contributed by atoms with Crippen LogP contribution < -0.4 is 10.6 Å². The maximum absolute atomic E-state index is 12.0. The molecule has 1 aromatic rings. The van der Waals surface area contributed by atoms with Gasteiger partial charge < -0.3 is 15.7 Å². The molecule has 18 heavy (non-hydrogen) atoms. The van der Waals surface area contributed by atoms with Crippen LogP contribution in [0.25, 0.3) is 0 Å². The van der Waals surface area contributed by atoms with Crippen LogP contribution in [0, 0.1) is 0 Å². The molecule has 1 fully saturated rings. The molecule has 0 bridgehead atoms. The summed E-state index contributed by atoms with van der Waals surface area (Å²) in [6.45, 7) is 1.44. The van der Waals surface area contributed by atoms with Crippen LogP contribution in [0.2, 0.25) is 0 Å². The van der Waals surface area contributed by atoms with E-state index in [4.69, 9.17) is 0 Å². The van der Waals surface area contributed by atoms with Gasteiger partial charge in [-0.2, -0.15) is 0 Å². The molecule has 1 heterocycles. The van der Waals surface area contributed by atoms with Gasteiger partial charge in [0.05, 0.1) is 6.04 Å². The lowest BCUT2D eigenvalue weighted by Crippen LogP contribution is -2.43. The van der Waals surface area contributed by atoms with Gasteiger partial charge in [0.2, 0.25) is 5.91 Å². The summed E-state index contributed by atoms with van der Waals surface area (Å²) < 4.78 is 0. The van der Waals surface area contributed by atoms with Crippen molar-refractivity contribution < 1.29 is 9.90 Å². The van der Waals surface area contributed by atoms with Gasteiger partial charge in [0, 0.05) is 6.54 Å². The number of rotatable bonds is 3. The fourth-order valence-electron chi connectivity index (χ4n) is 2.18. The second-order valence-electron chi connectivity index (χ2n) is 4.74. The van der Waals surface area contributed by atoms with Gasteiger partial charge in [0.15, 0.2) is 0 Å². The van der Waals surface area contributed by atoms with Crippen LogP contribution in [0.3, 0.4) is 0 Å². The van der Waals surface area contributed by atoms with Crippen molar-refractivity contribution >= 4 is 5.91 Å². The molecule has 4 nitrogen and oxygen atoms in total. The van der Waals surface area contributed by atoms with Crippen LogP contribution in [0.5, 0.6) is 5.75 Å². The smallest absolute Gasteiger partial charge is 0.237 e. The molecule has 3 N–H and O–H groups in total. The highest BCUT2D eigenvalue weighted by Gasteiger charge is 2.18. The maximum Gasteiger partial charge on any atom is 0.237 e. The number of aromatic hydroxyl groups is 1. The molecule has 0 spiro atoms. The number of benzene rings is 1. The third kappa shape index (κ3) is 3.74. The first-order chi connectivity index (χ1) is 8.75. The summed E-state index contributed by atoms with van der Waals surface area (Å²) in [5.74, 6) is 0.320. The standard InChI is InChI=1S/C14H20N2O2/c17-12-7-5-11(6-8-12)10-16-14(18)13-4-2-1-3-9-15-13/h5-8,13,15,17H,1-4,9-10H2,(H,16,18). The third-order valence-electron chi connectivity index (χ3n) is 3.28. The summed E-state index contributed by atoms with van der Waals surface area (Å²) in [6.07, 6.45) is 4.39. The highest BCUT2D eigenvalue weighted by atomic mass is 16.3. The minimum atomic E-state index is -0.0513. The van der Waals surface area contributed by atoms with Crippen LogP contribution in [0.1, 0.15) is 31.2 Å². The summed E-state index contributed by atoms with van der Waals surface area (Å²) >= 11 is 0. The van der Waals surface area contributed by atoms with Gasteiger partial charge in [-0.25, -0.2) is 0 Å². The molecule has 1 aliphatic rings. The summed E-state index contributed by atoms with van der Waals surface area (Å²) in [5.41, 5.74) is 0.995. The predicted octanol–water partition coefficient (Wildman–Crippen LogP) is 1.54. The largest absolute Gasteiger partial charge is 0.508 e.